The Morgan fingerprint density at radius 3 is 2.59 bits per heavy atom. The number of sulfone groups is 1. The average Bonchev–Trinajstić information content (AvgIpc) is 3.32. The lowest BCUT2D eigenvalue weighted by atomic mass is 10.1. The Balaban J connectivity index is 1.61. The number of rotatable bonds is 7. The number of fused-ring (bicyclic) bond motifs is 1. The molecule has 2 heterocycles. The van der Waals surface area contributed by atoms with Crippen LogP contribution < -0.4 is 0 Å². The molecule has 1 amide bonds. The van der Waals surface area contributed by atoms with E-state index in [-0.39, 0.29) is 35.2 Å². The van der Waals surface area contributed by atoms with Crippen LogP contribution in [-0.4, -0.2) is 58.1 Å². The van der Waals surface area contributed by atoms with Gasteiger partial charge in [-0.25, -0.2) is 13.4 Å². The lowest BCUT2D eigenvalue weighted by Gasteiger charge is -2.33. The van der Waals surface area contributed by atoms with Crippen molar-refractivity contribution >= 4 is 38.5 Å². The Morgan fingerprint density at radius 1 is 1.22 bits per heavy atom. The third-order valence-electron chi connectivity index (χ3n) is 6.10. The topological polar surface area (TPSA) is 72.3 Å². The Kier molecular flexibility index (Phi) is 6.62. The minimum absolute atomic E-state index is 0.00249. The number of thioether (sulfide) groups is 1. The number of para-hydroxylation sites is 2. The molecule has 6 nitrogen and oxygen atoms in total. The molecular formula is C24H29N3O3S2. The zero-order valence-electron chi connectivity index (χ0n) is 18.7. The Labute approximate surface area is 193 Å². The summed E-state index contributed by atoms with van der Waals surface area (Å²) in [6.07, 6.45) is 1.31. The number of hydrogen-bond acceptors (Lipinski definition) is 5. The van der Waals surface area contributed by atoms with Crippen LogP contribution in [0.15, 0.2) is 53.7 Å². The van der Waals surface area contributed by atoms with E-state index in [1.807, 2.05) is 38.1 Å². The molecule has 0 spiro atoms. The number of hydrogen-bond donors (Lipinski definition) is 0. The van der Waals surface area contributed by atoms with Crippen LogP contribution in [0.4, 0.5) is 0 Å². The van der Waals surface area contributed by atoms with Gasteiger partial charge in [-0.2, -0.15) is 0 Å². The molecule has 0 bridgehead atoms. The highest BCUT2D eigenvalue weighted by Crippen LogP contribution is 2.29. The molecule has 1 aliphatic rings. The van der Waals surface area contributed by atoms with E-state index in [9.17, 15) is 13.2 Å². The lowest BCUT2D eigenvalue weighted by molar-refractivity contribution is -0.132. The fourth-order valence-electron chi connectivity index (χ4n) is 4.25. The monoisotopic (exact) mass is 471 g/mol. The number of imidazole rings is 1. The van der Waals surface area contributed by atoms with Crippen LogP contribution in [-0.2, 0) is 14.6 Å². The number of aromatic nitrogens is 2. The van der Waals surface area contributed by atoms with Crippen molar-refractivity contribution in [2.75, 3.05) is 17.3 Å². The van der Waals surface area contributed by atoms with Gasteiger partial charge in [-0.3, -0.25) is 9.36 Å². The summed E-state index contributed by atoms with van der Waals surface area (Å²) in [5, 5.41) is 0.756. The standard InChI is InChI=1S/C24H29N3O3S2/c1-4-18(3)26(20-13-14-32(29,30)16-20)23(28)15-31-24-25-21-7-5-6-8-22(21)27(24)19-11-9-17(2)10-12-19/h5-12,18,20H,4,13-16H2,1-3H3. The maximum atomic E-state index is 13.3. The zero-order chi connectivity index (χ0) is 22.9. The fourth-order valence-corrected chi connectivity index (χ4v) is 6.85. The second-order valence-corrected chi connectivity index (χ2v) is 11.6. The quantitative estimate of drug-likeness (QED) is 0.482. The van der Waals surface area contributed by atoms with Crippen LogP contribution in [0, 0.1) is 6.92 Å². The highest BCUT2D eigenvalue weighted by molar-refractivity contribution is 7.99. The summed E-state index contributed by atoms with van der Waals surface area (Å²) in [5.41, 5.74) is 4.05. The molecule has 170 valence electrons. The molecule has 1 aliphatic heterocycles. The summed E-state index contributed by atoms with van der Waals surface area (Å²) in [7, 11) is -3.06. The van der Waals surface area contributed by atoms with Gasteiger partial charge in [0.1, 0.15) is 0 Å². The van der Waals surface area contributed by atoms with Gasteiger partial charge in [0, 0.05) is 17.8 Å². The van der Waals surface area contributed by atoms with Crippen LogP contribution in [0.25, 0.3) is 16.7 Å². The second kappa shape index (κ2) is 9.27. The van der Waals surface area contributed by atoms with Crippen molar-refractivity contribution in [2.45, 2.75) is 50.9 Å². The van der Waals surface area contributed by atoms with Gasteiger partial charge in [0.15, 0.2) is 15.0 Å². The smallest absolute Gasteiger partial charge is 0.233 e. The zero-order valence-corrected chi connectivity index (χ0v) is 20.3. The van der Waals surface area contributed by atoms with Crippen molar-refractivity contribution in [3.05, 3.63) is 54.1 Å². The van der Waals surface area contributed by atoms with E-state index in [2.05, 4.69) is 35.8 Å². The van der Waals surface area contributed by atoms with Gasteiger partial charge in [0.2, 0.25) is 5.91 Å². The number of carbonyl (C=O) groups is 1. The van der Waals surface area contributed by atoms with E-state index in [4.69, 9.17) is 4.98 Å². The molecule has 2 atom stereocenters. The first kappa shape index (κ1) is 22.9. The molecule has 1 saturated heterocycles. The first-order chi connectivity index (χ1) is 15.3. The molecule has 0 N–H and O–H groups in total. The van der Waals surface area contributed by atoms with Gasteiger partial charge in [-0.1, -0.05) is 48.5 Å². The first-order valence-corrected chi connectivity index (χ1v) is 13.8. The van der Waals surface area contributed by atoms with Crippen molar-refractivity contribution in [2.24, 2.45) is 0 Å². The van der Waals surface area contributed by atoms with E-state index >= 15 is 0 Å². The summed E-state index contributed by atoms with van der Waals surface area (Å²) in [6.45, 7) is 6.07. The Morgan fingerprint density at radius 2 is 1.94 bits per heavy atom. The molecule has 8 heteroatoms. The van der Waals surface area contributed by atoms with Crippen molar-refractivity contribution in [1.82, 2.24) is 14.5 Å². The molecular weight excluding hydrogens is 442 g/mol. The maximum absolute atomic E-state index is 13.3. The normalized spacial score (nSPS) is 18.7. The summed E-state index contributed by atoms with van der Waals surface area (Å²) in [4.78, 5) is 19.9. The summed E-state index contributed by atoms with van der Waals surface area (Å²) < 4.78 is 26.1. The molecule has 1 fully saturated rings. The Bertz CT molecular complexity index is 1220. The lowest BCUT2D eigenvalue weighted by Crippen LogP contribution is -2.47. The van der Waals surface area contributed by atoms with Gasteiger partial charge in [-0.15, -0.1) is 0 Å². The van der Waals surface area contributed by atoms with Crippen LogP contribution in [0.5, 0.6) is 0 Å². The van der Waals surface area contributed by atoms with Gasteiger partial charge in [-0.05, 0) is 51.0 Å². The van der Waals surface area contributed by atoms with Crippen LogP contribution >= 0.6 is 11.8 Å². The number of carbonyl (C=O) groups excluding carboxylic acids is 1. The molecule has 0 saturated carbocycles. The molecule has 0 radical (unpaired) electrons. The van der Waals surface area contributed by atoms with E-state index in [1.165, 1.54) is 17.3 Å². The van der Waals surface area contributed by atoms with Crippen molar-refractivity contribution in [1.29, 1.82) is 0 Å². The molecule has 4 rings (SSSR count). The first-order valence-electron chi connectivity index (χ1n) is 11.0. The molecule has 2 unspecified atom stereocenters. The SMILES string of the molecule is CCC(C)N(C(=O)CSc1nc2ccccc2n1-c1ccc(C)cc1)C1CCS(=O)(=O)C1. The van der Waals surface area contributed by atoms with E-state index in [1.54, 1.807) is 4.90 Å². The summed E-state index contributed by atoms with van der Waals surface area (Å²) >= 11 is 1.41. The number of nitrogens with zero attached hydrogens (tertiary/aromatic N) is 3. The third kappa shape index (κ3) is 4.71. The minimum atomic E-state index is -3.06. The van der Waals surface area contributed by atoms with Crippen molar-refractivity contribution < 1.29 is 13.2 Å². The van der Waals surface area contributed by atoms with Crippen molar-refractivity contribution in [3.8, 4) is 5.69 Å². The van der Waals surface area contributed by atoms with Gasteiger partial charge < -0.3 is 4.90 Å². The van der Waals surface area contributed by atoms with E-state index in [0.29, 0.717) is 6.42 Å². The van der Waals surface area contributed by atoms with Gasteiger partial charge in [0.25, 0.3) is 0 Å². The molecule has 3 aromatic rings. The summed E-state index contributed by atoms with van der Waals surface area (Å²) in [5.74, 6) is 0.411. The molecule has 32 heavy (non-hydrogen) atoms. The molecule has 0 aliphatic carbocycles. The average molecular weight is 472 g/mol. The highest BCUT2D eigenvalue weighted by Gasteiger charge is 2.36. The van der Waals surface area contributed by atoms with Crippen LogP contribution in [0.1, 0.15) is 32.3 Å². The van der Waals surface area contributed by atoms with Crippen LogP contribution in [0.2, 0.25) is 0 Å². The number of aryl methyl sites for hydroxylation is 1. The maximum Gasteiger partial charge on any atom is 0.233 e. The van der Waals surface area contributed by atoms with Crippen molar-refractivity contribution in [3.63, 3.8) is 0 Å². The molecule has 1 aromatic heterocycles. The minimum Gasteiger partial charge on any atom is -0.335 e. The predicted octanol–water partition coefficient (Wildman–Crippen LogP) is 4.24. The molecule has 2 aromatic carbocycles. The number of benzene rings is 2. The highest BCUT2D eigenvalue weighted by atomic mass is 32.2. The fraction of sp³-hybridized carbons (Fsp3) is 0.417. The summed E-state index contributed by atoms with van der Waals surface area (Å²) in [6, 6.07) is 16.0. The largest absolute Gasteiger partial charge is 0.335 e. The van der Waals surface area contributed by atoms with Gasteiger partial charge in [0.05, 0.1) is 28.3 Å². The predicted molar refractivity (Wildman–Crippen MR) is 130 cm³/mol. The van der Waals surface area contributed by atoms with E-state index < -0.39 is 9.84 Å². The Hall–Kier alpha value is -2.32. The third-order valence-corrected chi connectivity index (χ3v) is 8.78. The number of amides is 1. The van der Waals surface area contributed by atoms with Crippen LogP contribution in [0.3, 0.4) is 0 Å². The van der Waals surface area contributed by atoms with E-state index in [0.717, 1.165) is 28.3 Å². The second-order valence-electron chi connectivity index (χ2n) is 8.46. The van der Waals surface area contributed by atoms with Gasteiger partial charge >= 0.3 is 0 Å².